The van der Waals surface area contributed by atoms with Crippen molar-refractivity contribution in [3.8, 4) is 0 Å². The third-order valence-electron chi connectivity index (χ3n) is 4.70. The number of carbonyl (C=O) groups excluding carboxylic acids is 1. The first kappa shape index (κ1) is 15.0. The second-order valence-corrected chi connectivity index (χ2v) is 7.87. The normalized spacial score (nSPS) is 28.4. The van der Waals surface area contributed by atoms with Crippen molar-refractivity contribution in [2.45, 2.75) is 20.0 Å². The van der Waals surface area contributed by atoms with Gasteiger partial charge < -0.3 is 14.5 Å². The monoisotopic (exact) mass is 308 g/mol. The van der Waals surface area contributed by atoms with Gasteiger partial charge >= 0.3 is 0 Å². The molecule has 3 atom stereocenters. The topological polar surface area (TPSA) is 32.8 Å². The van der Waals surface area contributed by atoms with E-state index in [0.717, 1.165) is 31.1 Å². The van der Waals surface area contributed by atoms with E-state index in [9.17, 15) is 4.79 Å². The molecule has 1 aromatic heterocycles. The maximum atomic E-state index is 12.6. The number of hydrogen-bond donors (Lipinski definition) is 0. The van der Waals surface area contributed by atoms with Gasteiger partial charge in [-0.05, 0) is 39.6 Å². The summed E-state index contributed by atoms with van der Waals surface area (Å²) in [5.74, 6) is 1.23. The van der Waals surface area contributed by atoms with Crippen molar-refractivity contribution in [2.24, 2.45) is 11.8 Å². The number of likely N-dealkylation sites (tertiary alicyclic amines) is 1. The summed E-state index contributed by atoms with van der Waals surface area (Å²) in [4.78, 5) is 19.0. The molecule has 0 radical (unpaired) electrons. The fraction of sp³-hybridized carbons (Fsp3) is 0.688. The van der Waals surface area contributed by atoms with Crippen LogP contribution < -0.4 is 0 Å². The van der Waals surface area contributed by atoms with E-state index in [2.05, 4.69) is 32.8 Å². The second-order valence-electron chi connectivity index (χ2n) is 6.62. The summed E-state index contributed by atoms with van der Waals surface area (Å²) in [7, 11) is 4.20. The van der Waals surface area contributed by atoms with Gasteiger partial charge in [0, 0.05) is 36.3 Å². The summed E-state index contributed by atoms with van der Waals surface area (Å²) in [6.45, 7) is 7.62. The molecule has 2 fully saturated rings. The Morgan fingerprint density at radius 2 is 2.19 bits per heavy atom. The van der Waals surface area contributed by atoms with Gasteiger partial charge in [-0.25, -0.2) is 0 Å². The maximum Gasteiger partial charge on any atom is 0.264 e. The molecule has 5 heteroatoms. The minimum atomic E-state index is 0.179. The molecule has 2 saturated heterocycles. The molecule has 2 aliphatic heterocycles. The van der Waals surface area contributed by atoms with Gasteiger partial charge in [0.25, 0.3) is 5.91 Å². The van der Waals surface area contributed by atoms with Gasteiger partial charge in [0.1, 0.15) is 0 Å². The molecule has 0 N–H and O–H groups in total. The molecule has 2 aliphatic rings. The molecule has 0 bridgehead atoms. The molecule has 0 saturated carbocycles. The van der Waals surface area contributed by atoms with Crippen LogP contribution in [0.5, 0.6) is 0 Å². The fourth-order valence-electron chi connectivity index (χ4n) is 3.46. The zero-order valence-corrected chi connectivity index (χ0v) is 14.1. The highest BCUT2D eigenvalue weighted by atomic mass is 32.1. The van der Waals surface area contributed by atoms with Crippen LogP contribution >= 0.6 is 11.3 Å². The fourth-order valence-corrected chi connectivity index (χ4v) is 4.46. The summed E-state index contributed by atoms with van der Waals surface area (Å²) in [6, 6.07) is 2.02. The first-order chi connectivity index (χ1) is 9.95. The Bertz CT molecular complexity index is 521. The summed E-state index contributed by atoms with van der Waals surface area (Å²) >= 11 is 1.61. The Kier molecular flexibility index (Phi) is 4.08. The van der Waals surface area contributed by atoms with Gasteiger partial charge in [-0.3, -0.25) is 4.79 Å². The van der Waals surface area contributed by atoms with Gasteiger partial charge in [0.15, 0.2) is 0 Å². The van der Waals surface area contributed by atoms with Crippen LogP contribution in [-0.4, -0.2) is 62.1 Å². The number of hydrogen-bond acceptors (Lipinski definition) is 4. The van der Waals surface area contributed by atoms with Gasteiger partial charge in [0.2, 0.25) is 0 Å². The zero-order chi connectivity index (χ0) is 15.1. The molecular formula is C16H24N2O2S. The average molecular weight is 308 g/mol. The van der Waals surface area contributed by atoms with Crippen LogP contribution in [0, 0.1) is 25.7 Å². The lowest BCUT2D eigenvalue weighted by atomic mass is 9.93. The van der Waals surface area contributed by atoms with E-state index in [0.29, 0.717) is 11.8 Å². The van der Waals surface area contributed by atoms with Crippen LogP contribution in [0.1, 0.15) is 20.1 Å². The third-order valence-corrected chi connectivity index (χ3v) is 5.84. The van der Waals surface area contributed by atoms with Crippen molar-refractivity contribution in [3.05, 3.63) is 21.4 Å². The molecule has 21 heavy (non-hydrogen) atoms. The molecule has 116 valence electrons. The molecule has 4 nitrogen and oxygen atoms in total. The van der Waals surface area contributed by atoms with Crippen molar-refractivity contribution >= 4 is 17.2 Å². The Morgan fingerprint density at radius 3 is 2.81 bits per heavy atom. The van der Waals surface area contributed by atoms with Crippen molar-refractivity contribution in [3.63, 3.8) is 0 Å². The largest absolute Gasteiger partial charge is 0.376 e. The van der Waals surface area contributed by atoms with Crippen LogP contribution in [0.2, 0.25) is 0 Å². The number of rotatable bonds is 3. The first-order valence-corrected chi connectivity index (χ1v) is 8.40. The number of aryl methyl sites for hydroxylation is 2. The molecule has 0 spiro atoms. The van der Waals surface area contributed by atoms with Crippen LogP contribution in [0.3, 0.4) is 0 Å². The summed E-state index contributed by atoms with van der Waals surface area (Å²) in [5.41, 5.74) is 1.21. The second kappa shape index (κ2) is 5.71. The summed E-state index contributed by atoms with van der Waals surface area (Å²) < 4.78 is 5.92. The third kappa shape index (κ3) is 2.87. The lowest BCUT2D eigenvalue weighted by molar-refractivity contribution is 0.0675. The number of carbonyl (C=O) groups is 1. The highest BCUT2D eigenvalue weighted by Crippen LogP contribution is 2.35. The van der Waals surface area contributed by atoms with Crippen molar-refractivity contribution < 1.29 is 9.53 Å². The summed E-state index contributed by atoms with van der Waals surface area (Å²) in [5, 5.41) is 0. The quantitative estimate of drug-likeness (QED) is 0.856. The van der Waals surface area contributed by atoms with E-state index in [-0.39, 0.29) is 12.0 Å². The Balaban J connectivity index is 1.68. The molecule has 0 aromatic carbocycles. The van der Waals surface area contributed by atoms with E-state index >= 15 is 0 Å². The highest BCUT2D eigenvalue weighted by molar-refractivity contribution is 7.14. The molecule has 0 aliphatic carbocycles. The van der Waals surface area contributed by atoms with Crippen LogP contribution in [0.15, 0.2) is 6.07 Å². The molecule has 0 unspecified atom stereocenters. The van der Waals surface area contributed by atoms with Gasteiger partial charge in [-0.1, -0.05) is 0 Å². The number of fused-ring (bicyclic) bond motifs is 1. The maximum absolute atomic E-state index is 12.6. The molecule has 1 aromatic rings. The average Bonchev–Trinajstić information content (AvgIpc) is 3.06. The van der Waals surface area contributed by atoms with E-state index in [1.54, 1.807) is 11.3 Å². The Labute approximate surface area is 130 Å². The number of ether oxygens (including phenoxy) is 1. The summed E-state index contributed by atoms with van der Waals surface area (Å²) in [6.07, 6.45) is 0.237. The first-order valence-electron chi connectivity index (χ1n) is 7.58. The number of amides is 1. The predicted octanol–water partition coefficient (Wildman–Crippen LogP) is 2.01. The molecule has 3 heterocycles. The standard InChI is InChI=1S/C16H24N2O2S/c1-10-5-15(21-11(10)2)16(19)18-7-13-12(6-17(3)4)9-20-14(13)8-18/h5,12-14H,6-9H2,1-4H3/t12-,13-,14-/m1/s1. The number of thiophene rings is 1. The molecule has 3 rings (SSSR count). The van der Waals surface area contributed by atoms with E-state index in [1.165, 1.54) is 10.4 Å². The van der Waals surface area contributed by atoms with E-state index in [1.807, 2.05) is 11.0 Å². The van der Waals surface area contributed by atoms with Crippen molar-refractivity contribution in [1.82, 2.24) is 9.80 Å². The van der Waals surface area contributed by atoms with Crippen LogP contribution in [0.4, 0.5) is 0 Å². The smallest absolute Gasteiger partial charge is 0.264 e. The van der Waals surface area contributed by atoms with Crippen LogP contribution in [-0.2, 0) is 4.74 Å². The SMILES string of the molecule is Cc1cc(C(=O)N2C[C@@H]3[C@H](CN(C)C)CO[C@@H]3C2)sc1C. The lowest BCUT2D eigenvalue weighted by Gasteiger charge is -2.21. The predicted molar refractivity (Wildman–Crippen MR) is 85.0 cm³/mol. The van der Waals surface area contributed by atoms with Gasteiger partial charge in [-0.2, -0.15) is 0 Å². The van der Waals surface area contributed by atoms with Crippen molar-refractivity contribution in [2.75, 3.05) is 40.3 Å². The van der Waals surface area contributed by atoms with Crippen LogP contribution in [0.25, 0.3) is 0 Å². The molecular weight excluding hydrogens is 284 g/mol. The Hall–Kier alpha value is -0.910. The van der Waals surface area contributed by atoms with Gasteiger partial charge in [0.05, 0.1) is 17.6 Å². The Morgan fingerprint density at radius 1 is 1.43 bits per heavy atom. The lowest BCUT2D eigenvalue weighted by Crippen LogP contribution is -2.32. The minimum absolute atomic E-state index is 0.179. The molecule has 1 amide bonds. The minimum Gasteiger partial charge on any atom is -0.376 e. The van der Waals surface area contributed by atoms with E-state index < -0.39 is 0 Å². The van der Waals surface area contributed by atoms with Crippen molar-refractivity contribution in [1.29, 1.82) is 0 Å². The number of nitrogens with zero attached hydrogens (tertiary/aromatic N) is 2. The zero-order valence-electron chi connectivity index (χ0n) is 13.3. The highest BCUT2D eigenvalue weighted by Gasteiger charge is 2.45. The van der Waals surface area contributed by atoms with E-state index in [4.69, 9.17) is 4.74 Å². The van der Waals surface area contributed by atoms with Gasteiger partial charge in [-0.15, -0.1) is 11.3 Å².